The van der Waals surface area contributed by atoms with E-state index in [1.54, 1.807) is 0 Å². The molecule has 0 saturated carbocycles. The van der Waals surface area contributed by atoms with Crippen LogP contribution >= 0.6 is 0 Å². The van der Waals surface area contributed by atoms with Crippen LogP contribution in [0.1, 0.15) is 18.1 Å². The van der Waals surface area contributed by atoms with E-state index in [1.807, 2.05) is 0 Å². The van der Waals surface area contributed by atoms with Crippen molar-refractivity contribution in [3.63, 3.8) is 0 Å². The van der Waals surface area contributed by atoms with Crippen LogP contribution < -0.4 is 0 Å². The highest BCUT2D eigenvalue weighted by Crippen LogP contribution is 2.42. The van der Waals surface area contributed by atoms with E-state index in [0.717, 1.165) is 17.5 Å². The quantitative estimate of drug-likeness (QED) is 0.707. The monoisotopic (exact) mass is 248 g/mol. The van der Waals surface area contributed by atoms with Gasteiger partial charge in [-0.25, -0.2) is 8.42 Å². The van der Waals surface area contributed by atoms with Crippen molar-refractivity contribution in [3.05, 3.63) is 34.7 Å². The van der Waals surface area contributed by atoms with E-state index in [4.69, 9.17) is 0 Å². The average Bonchev–Trinajstić information content (AvgIpc) is 2.36. The lowest BCUT2D eigenvalue weighted by molar-refractivity contribution is -0.137. The number of hydrogen-bond acceptors (Lipinski definition) is 2. The standard InChI is InChI=1S/C10H7F3O2S/c1-6-5-16(14,15)8-4-2-3-7(9(6)8)10(11,12)13/h2-5H,1H3. The predicted molar refractivity (Wildman–Crippen MR) is 52.3 cm³/mol. The topological polar surface area (TPSA) is 34.1 Å². The highest BCUT2D eigenvalue weighted by atomic mass is 32.2. The van der Waals surface area contributed by atoms with Crippen LogP contribution in [0.15, 0.2) is 28.5 Å². The Morgan fingerprint density at radius 3 is 2.38 bits per heavy atom. The number of benzene rings is 1. The molecule has 1 aliphatic rings. The minimum atomic E-state index is -4.54. The van der Waals surface area contributed by atoms with E-state index in [1.165, 1.54) is 13.0 Å². The normalized spacial score (nSPS) is 18.1. The first kappa shape index (κ1) is 11.2. The number of sulfone groups is 1. The molecule has 0 radical (unpaired) electrons. The van der Waals surface area contributed by atoms with Crippen molar-refractivity contribution in [2.24, 2.45) is 0 Å². The molecule has 0 spiro atoms. The van der Waals surface area contributed by atoms with Crippen LogP contribution in [0.4, 0.5) is 13.2 Å². The molecule has 1 aliphatic heterocycles. The molecule has 0 N–H and O–H groups in total. The zero-order valence-electron chi connectivity index (χ0n) is 8.17. The van der Waals surface area contributed by atoms with Gasteiger partial charge in [0, 0.05) is 11.0 Å². The van der Waals surface area contributed by atoms with Gasteiger partial charge in [0.2, 0.25) is 9.84 Å². The maximum absolute atomic E-state index is 12.6. The summed E-state index contributed by atoms with van der Waals surface area (Å²) in [7, 11) is -3.70. The van der Waals surface area contributed by atoms with Crippen molar-refractivity contribution in [3.8, 4) is 0 Å². The third-order valence-corrected chi connectivity index (χ3v) is 3.98. The van der Waals surface area contributed by atoms with Crippen LogP contribution in [-0.2, 0) is 16.0 Å². The summed E-state index contributed by atoms with van der Waals surface area (Å²) in [6, 6.07) is 3.18. The molecule has 0 fully saturated rings. The van der Waals surface area contributed by atoms with Crippen LogP contribution in [0.3, 0.4) is 0 Å². The molecule has 2 nitrogen and oxygen atoms in total. The van der Waals surface area contributed by atoms with Gasteiger partial charge in [0.25, 0.3) is 0 Å². The molecule has 1 aromatic carbocycles. The smallest absolute Gasteiger partial charge is 0.219 e. The summed E-state index contributed by atoms with van der Waals surface area (Å²) in [4.78, 5) is -0.264. The van der Waals surface area contributed by atoms with Crippen LogP contribution in [0.5, 0.6) is 0 Å². The average molecular weight is 248 g/mol. The van der Waals surface area contributed by atoms with E-state index in [0.29, 0.717) is 0 Å². The Morgan fingerprint density at radius 1 is 1.19 bits per heavy atom. The second-order valence-corrected chi connectivity index (χ2v) is 5.29. The molecule has 0 bridgehead atoms. The third-order valence-electron chi connectivity index (χ3n) is 2.36. The van der Waals surface area contributed by atoms with Crippen molar-refractivity contribution in [1.29, 1.82) is 0 Å². The Morgan fingerprint density at radius 2 is 1.81 bits per heavy atom. The van der Waals surface area contributed by atoms with Crippen molar-refractivity contribution >= 4 is 15.4 Å². The van der Waals surface area contributed by atoms with Crippen LogP contribution in [-0.4, -0.2) is 8.42 Å². The van der Waals surface area contributed by atoms with E-state index in [2.05, 4.69) is 0 Å². The van der Waals surface area contributed by atoms with Gasteiger partial charge in [-0.15, -0.1) is 0 Å². The van der Waals surface area contributed by atoms with Crippen LogP contribution in [0.25, 0.3) is 5.57 Å². The number of alkyl halides is 3. The Hall–Kier alpha value is -1.30. The summed E-state index contributed by atoms with van der Waals surface area (Å²) >= 11 is 0. The summed E-state index contributed by atoms with van der Waals surface area (Å²) < 4.78 is 60.9. The zero-order valence-corrected chi connectivity index (χ0v) is 8.98. The highest BCUT2D eigenvalue weighted by molar-refractivity contribution is 7.95. The zero-order chi connectivity index (χ0) is 12.1. The van der Waals surface area contributed by atoms with Gasteiger partial charge in [-0.05, 0) is 24.6 Å². The summed E-state index contributed by atoms with van der Waals surface area (Å²) in [5.41, 5.74) is -1.00. The predicted octanol–water partition coefficient (Wildman–Crippen LogP) is 2.85. The first-order valence-corrected chi connectivity index (χ1v) is 5.92. The lowest BCUT2D eigenvalue weighted by atomic mass is 10.0. The number of halogens is 3. The third kappa shape index (κ3) is 1.53. The molecule has 1 aromatic rings. The maximum atomic E-state index is 12.6. The van der Waals surface area contributed by atoms with Crippen LogP contribution in [0, 0.1) is 0 Å². The molecule has 86 valence electrons. The summed E-state index contributed by atoms with van der Waals surface area (Å²) in [5.74, 6) is 0. The molecular weight excluding hydrogens is 241 g/mol. The Kier molecular flexibility index (Phi) is 2.17. The van der Waals surface area contributed by atoms with E-state index in [9.17, 15) is 21.6 Å². The second-order valence-electron chi connectivity index (χ2n) is 3.52. The fraction of sp³-hybridized carbons (Fsp3) is 0.200. The Labute approximate surface area is 90.3 Å². The molecule has 6 heteroatoms. The number of fused-ring (bicyclic) bond motifs is 1. The first-order valence-electron chi connectivity index (χ1n) is 4.37. The summed E-state index contributed by atoms with van der Waals surface area (Å²) in [6.45, 7) is 1.36. The van der Waals surface area contributed by atoms with Gasteiger partial charge < -0.3 is 0 Å². The molecule has 2 rings (SSSR count). The summed E-state index contributed by atoms with van der Waals surface area (Å²) in [5, 5.41) is 0.868. The van der Waals surface area contributed by atoms with Gasteiger partial charge in [0.15, 0.2) is 0 Å². The van der Waals surface area contributed by atoms with E-state index < -0.39 is 21.6 Å². The van der Waals surface area contributed by atoms with Gasteiger partial charge in [-0.3, -0.25) is 0 Å². The van der Waals surface area contributed by atoms with Crippen LogP contribution in [0.2, 0.25) is 0 Å². The molecule has 0 unspecified atom stereocenters. The molecule has 0 atom stereocenters. The van der Waals surface area contributed by atoms with Crippen molar-refractivity contribution in [2.75, 3.05) is 0 Å². The molecule has 0 amide bonds. The fourth-order valence-electron chi connectivity index (χ4n) is 1.77. The number of allylic oxidation sites excluding steroid dienone is 1. The highest BCUT2D eigenvalue weighted by Gasteiger charge is 2.38. The molecule has 0 aromatic heterocycles. The molecule has 1 heterocycles. The van der Waals surface area contributed by atoms with Crippen molar-refractivity contribution < 1.29 is 21.6 Å². The molecule has 0 saturated heterocycles. The Bertz CT molecular complexity index is 583. The maximum Gasteiger partial charge on any atom is 0.417 e. The van der Waals surface area contributed by atoms with Gasteiger partial charge in [0.1, 0.15) is 0 Å². The SMILES string of the molecule is CC1=CS(=O)(=O)c2cccc(C(F)(F)F)c21. The molecular formula is C10H7F3O2S. The second kappa shape index (κ2) is 3.10. The first-order chi connectivity index (χ1) is 7.23. The minimum absolute atomic E-state index is 0.128. The minimum Gasteiger partial charge on any atom is -0.219 e. The number of rotatable bonds is 0. The van der Waals surface area contributed by atoms with Gasteiger partial charge >= 0.3 is 6.18 Å². The fourth-order valence-corrected chi connectivity index (χ4v) is 3.30. The van der Waals surface area contributed by atoms with Crippen molar-refractivity contribution in [2.45, 2.75) is 18.0 Å². The largest absolute Gasteiger partial charge is 0.417 e. The number of hydrogen-bond donors (Lipinski definition) is 0. The molecule has 0 aliphatic carbocycles. The van der Waals surface area contributed by atoms with Crippen molar-refractivity contribution in [1.82, 2.24) is 0 Å². The van der Waals surface area contributed by atoms with Gasteiger partial charge in [-0.1, -0.05) is 6.07 Å². The van der Waals surface area contributed by atoms with Gasteiger partial charge in [-0.2, -0.15) is 13.2 Å². The van der Waals surface area contributed by atoms with E-state index >= 15 is 0 Å². The Balaban J connectivity index is 2.83. The lowest BCUT2D eigenvalue weighted by Crippen LogP contribution is -2.09. The summed E-state index contributed by atoms with van der Waals surface area (Å²) in [6.07, 6.45) is -4.54. The van der Waals surface area contributed by atoms with E-state index in [-0.39, 0.29) is 16.0 Å². The van der Waals surface area contributed by atoms with Gasteiger partial charge in [0.05, 0.1) is 10.5 Å². The lowest BCUT2D eigenvalue weighted by Gasteiger charge is -2.11. The molecule has 16 heavy (non-hydrogen) atoms.